The minimum Gasteiger partial charge on any atom is -0.491 e. The first-order valence-corrected chi connectivity index (χ1v) is 12.9. The second kappa shape index (κ2) is 11.2. The molecular weight excluding hydrogens is 440 g/mol. The number of piperazine rings is 1. The third-order valence-corrected chi connectivity index (χ3v) is 8.12. The summed E-state index contributed by atoms with van der Waals surface area (Å²) in [6, 6.07) is 14.0. The minimum absolute atomic E-state index is 0.00847. The van der Waals surface area contributed by atoms with Crippen molar-refractivity contribution in [3.63, 3.8) is 0 Å². The maximum atomic E-state index is 13.0. The number of benzene rings is 2. The molecule has 1 heterocycles. The van der Waals surface area contributed by atoms with Gasteiger partial charge in [0.2, 0.25) is 10.0 Å². The lowest BCUT2D eigenvalue weighted by Gasteiger charge is -2.34. The predicted octanol–water partition coefficient (Wildman–Crippen LogP) is 3.15. The molecule has 0 spiro atoms. The molecule has 2 aromatic rings. The Bertz CT molecular complexity index is 1010. The molecule has 7 nitrogen and oxygen atoms in total. The molecule has 1 saturated heterocycles. The van der Waals surface area contributed by atoms with E-state index < -0.39 is 16.1 Å². The van der Waals surface area contributed by atoms with Gasteiger partial charge in [0.1, 0.15) is 18.5 Å². The second-order valence-electron chi connectivity index (χ2n) is 8.63. The quantitative estimate of drug-likeness (QED) is 0.533. The summed E-state index contributed by atoms with van der Waals surface area (Å²) in [6.45, 7) is 8.16. The van der Waals surface area contributed by atoms with Crippen molar-refractivity contribution in [2.75, 3.05) is 39.3 Å². The van der Waals surface area contributed by atoms with Crippen LogP contribution < -0.4 is 4.74 Å². The first kappa shape index (κ1) is 25.4. The van der Waals surface area contributed by atoms with Gasteiger partial charge in [-0.1, -0.05) is 26.0 Å². The smallest absolute Gasteiger partial charge is 0.243 e. The summed E-state index contributed by atoms with van der Waals surface area (Å²) in [5.74, 6) is 0.987. The molecule has 0 unspecified atom stereocenters. The van der Waals surface area contributed by atoms with Gasteiger partial charge in [-0.05, 0) is 61.2 Å². The van der Waals surface area contributed by atoms with Gasteiger partial charge in [-0.15, -0.1) is 0 Å². The van der Waals surface area contributed by atoms with E-state index in [2.05, 4.69) is 13.8 Å². The number of rotatable bonds is 10. The summed E-state index contributed by atoms with van der Waals surface area (Å²) >= 11 is 0. The molecule has 0 aromatic heterocycles. The van der Waals surface area contributed by atoms with Crippen LogP contribution in [0.15, 0.2) is 53.4 Å². The van der Waals surface area contributed by atoms with Crippen molar-refractivity contribution in [1.29, 1.82) is 0 Å². The number of ketones is 1. The van der Waals surface area contributed by atoms with Gasteiger partial charge in [0.05, 0.1) is 4.90 Å². The summed E-state index contributed by atoms with van der Waals surface area (Å²) in [5.41, 5.74) is 1.76. The van der Waals surface area contributed by atoms with Gasteiger partial charge in [-0.2, -0.15) is 4.31 Å². The lowest BCUT2D eigenvalue weighted by atomic mass is 9.99. The van der Waals surface area contributed by atoms with Crippen LogP contribution in [0.5, 0.6) is 5.75 Å². The second-order valence-corrected chi connectivity index (χ2v) is 10.6. The zero-order valence-electron chi connectivity index (χ0n) is 19.6. The first-order chi connectivity index (χ1) is 15.7. The van der Waals surface area contributed by atoms with Gasteiger partial charge >= 0.3 is 0 Å². The van der Waals surface area contributed by atoms with Gasteiger partial charge < -0.3 is 9.84 Å². The monoisotopic (exact) mass is 474 g/mol. The van der Waals surface area contributed by atoms with Crippen molar-refractivity contribution < 1.29 is 23.1 Å². The summed E-state index contributed by atoms with van der Waals surface area (Å²) in [5, 5.41) is 10.3. The summed E-state index contributed by atoms with van der Waals surface area (Å²) in [6.07, 6.45) is 0.311. The molecule has 1 aliphatic heterocycles. The Balaban J connectivity index is 1.47. The predicted molar refractivity (Wildman–Crippen MR) is 128 cm³/mol. The van der Waals surface area contributed by atoms with E-state index >= 15 is 0 Å². The van der Waals surface area contributed by atoms with Crippen LogP contribution in [0.2, 0.25) is 0 Å². The van der Waals surface area contributed by atoms with Crippen LogP contribution in [0.1, 0.15) is 49.0 Å². The van der Waals surface area contributed by atoms with Crippen molar-refractivity contribution >= 4 is 15.8 Å². The van der Waals surface area contributed by atoms with Gasteiger partial charge in [0, 0.05) is 38.3 Å². The number of nitrogens with zero attached hydrogens (tertiary/aromatic N) is 2. The van der Waals surface area contributed by atoms with Crippen molar-refractivity contribution in [3.8, 4) is 5.75 Å². The Hall–Kier alpha value is -2.26. The Morgan fingerprint density at radius 3 is 2.18 bits per heavy atom. The highest BCUT2D eigenvalue weighted by molar-refractivity contribution is 7.89. The molecule has 0 aliphatic carbocycles. The van der Waals surface area contributed by atoms with Gasteiger partial charge in [0.25, 0.3) is 0 Å². The highest BCUT2D eigenvalue weighted by Gasteiger charge is 2.29. The highest BCUT2D eigenvalue weighted by atomic mass is 32.2. The molecule has 0 saturated carbocycles. The van der Waals surface area contributed by atoms with Crippen LogP contribution >= 0.6 is 0 Å². The van der Waals surface area contributed by atoms with Crippen LogP contribution in [-0.4, -0.2) is 73.9 Å². The third kappa shape index (κ3) is 6.63. The number of aliphatic hydroxyl groups is 1. The Morgan fingerprint density at radius 2 is 1.64 bits per heavy atom. The number of hydrogen-bond donors (Lipinski definition) is 1. The van der Waals surface area contributed by atoms with Crippen molar-refractivity contribution in [3.05, 3.63) is 59.7 Å². The van der Waals surface area contributed by atoms with E-state index in [1.165, 1.54) is 11.2 Å². The molecule has 3 rings (SSSR count). The van der Waals surface area contributed by atoms with E-state index in [9.17, 15) is 18.3 Å². The minimum atomic E-state index is -3.52. The number of hydrogen-bond acceptors (Lipinski definition) is 6. The number of ether oxygens (including phenoxy) is 1. The molecular formula is C25H34N2O5S. The number of β-amino-alcohol motifs (C(OH)–C–C–N with tert-alkyl or cyclic N) is 1. The summed E-state index contributed by atoms with van der Waals surface area (Å²) in [4.78, 5) is 13.7. The molecule has 2 atom stereocenters. The van der Waals surface area contributed by atoms with Crippen molar-refractivity contribution in [1.82, 2.24) is 9.21 Å². The Kier molecular flexibility index (Phi) is 8.64. The first-order valence-electron chi connectivity index (χ1n) is 11.4. The van der Waals surface area contributed by atoms with Gasteiger partial charge in [-0.3, -0.25) is 9.69 Å². The van der Waals surface area contributed by atoms with E-state index in [0.29, 0.717) is 54.9 Å². The van der Waals surface area contributed by atoms with Crippen LogP contribution in [0.25, 0.3) is 0 Å². The molecule has 1 aliphatic rings. The van der Waals surface area contributed by atoms with Crippen molar-refractivity contribution in [2.24, 2.45) is 0 Å². The Morgan fingerprint density at radius 1 is 1.03 bits per heavy atom. The van der Waals surface area contributed by atoms with E-state index in [0.717, 1.165) is 12.0 Å². The van der Waals surface area contributed by atoms with E-state index in [4.69, 9.17) is 4.74 Å². The molecule has 0 bridgehead atoms. The standard InChI is InChI=1S/C25H34N2O5S/c1-4-19(2)21-7-11-25(12-8-21)33(30,31)27-15-13-26(14-16-27)17-23(29)18-32-24-9-5-22(6-10-24)20(3)28/h5-12,19,23,29H,4,13-18H2,1-3H3/t19-,23+/m1/s1. The maximum absolute atomic E-state index is 13.0. The lowest BCUT2D eigenvalue weighted by molar-refractivity contribution is 0.0569. The number of carbonyl (C=O) groups is 1. The largest absolute Gasteiger partial charge is 0.491 e. The molecule has 2 aromatic carbocycles. The molecule has 0 amide bonds. The molecule has 0 radical (unpaired) electrons. The highest BCUT2D eigenvalue weighted by Crippen LogP contribution is 2.23. The topological polar surface area (TPSA) is 87.2 Å². The summed E-state index contributed by atoms with van der Waals surface area (Å²) < 4.78 is 33.2. The van der Waals surface area contributed by atoms with Gasteiger partial charge in [-0.25, -0.2) is 8.42 Å². The average molecular weight is 475 g/mol. The van der Waals surface area contributed by atoms with E-state index in [1.807, 2.05) is 17.0 Å². The summed E-state index contributed by atoms with van der Waals surface area (Å²) in [7, 11) is -3.52. The molecule has 180 valence electrons. The van der Waals surface area contributed by atoms with Crippen LogP contribution in [0.4, 0.5) is 0 Å². The maximum Gasteiger partial charge on any atom is 0.243 e. The fourth-order valence-electron chi connectivity index (χ4n) is 3.83. The molecule has 33 heavy (non-hydrogen) atoms. The average Bonchev–Trinajstić information content (AvgIpc) is 2.83. The van der Waals surface area contributed by atoms with Gasteiger partial charge in [0.15, 0.2) is 5.78 Å². The Labute approximate surface area is 197 Å². The molecule has 1 N–H and O–H groups in total. The zero-order chi connectivity index (χ0) is 24.0. The fraction of sp³-hybridized carbons (Fsp3) is 0.480. The fourth-order valence-corrected chi connectivity index (χ4v) is 5.26. The number of Topliss-reactive ketones (excluding diaryl/α,β-unsaturated/α-hetero) is 1. The zero-order valence-corrected chi connectivity index (χ0v) is 20.4. The number of sulfonamides is 1. The van der Waals surface area contributed by atoms with Crippen LogP contribution in [0.3, 0.4) is 0 Å². The number of aliphatic hydroxyl groups excluding tert-OH is 1. The number of carbonyl (C=O) groups excluding carboxylic acids is 1. The lowest BCUT2D eigenvalue weighted by Crippen LogP contribution is -2.50. The SMILES string of the molecule is CC[C@@H](C)c1ccc(S(=O)(=O)N2CCN(C[C@H](O)COc3ccc(C(C)=O)cc3)CC2)cc1. The van der Waals surface area contributed by atoms with E-state index in [1.54, 1.807) is 36.4 Å². The normalized spacial score (nSPS) is 17.5. The van der Waals surface area contributed by atoms with Crippen LogP contribution in [0, 0.1) is 0 Å². The van der Waals surface area contributed by atoms with Crippen LogP contribution in [-0.2, 0) is 10.0 Å². The third-order valence-electron chi connectivity index (χ3n) is 6.20. The molecule has 8 heteroatoms. The van der Waals surface area contributed by atoms with E-state index in [-0.39, 0.29) is 12.4 Å². The van der Waals surface area contributed by atoms with Crippen molar-refractivity contribution in [2.45, 2.75) is 44.1 Å². The molecule has 1 fully saturated rings.